The predicted octanol–water partition coefficient (Wildman–Crippen LogP) is 5.40. The molecule has 8 heterocycles. The summed E-state index contributed by atoms with van der Waals surface area (Å²) < 4.78 is 81.7. The maximum atomic E-state index is 15.8. The average Bonchev–Trinajstić information content (AvgIpc) is 1.52. The van der Waals surface area contributed by atoms with Gasteiger partial charge in [0, 0.05) is 115 Å². The first kappa shape index (κ1) is 77.9. The van der Waals surface area contributed by atoms with Gasteiger partial charge in [0.2, 0.25) is 11.8 Å². The molecule has 30 nitrogen and oxygen atoms in total. The van der Waals surface area contributed by atoms with E-state index in [1.165, 1.54) is 13.8 Å². The summed E-state index contributed by atoms with van der Waals surface area (Å²) in [7, 11) is 0. The van der Waals surface area contributed by atoms with Gasteiger partial charge in [-0.15, -0.1) is 0 Å². The lowest BCUT2D eigenvalue weighted by Crippen LogP contribution is -2.63. The first-order chi connectivity index (χ1) is 51.8. The van der Waals surface area contributed by atoms with Crippen molar-refractivity contribution in [2.45, 2.75) is 190 Å². The molecule has 0 aliphatic carbocycles. The second-order valence-corrected chi connectivity index (χ2v) is 28.2. The van der Waals surface area contributed by atoms with Crippen molar-refractivity contribution < 1.29 is 124 Å². The second kappa shape index (κ2) is 33.4. The molecule has 30 heteroatoms. The second-order valence-electron chi connectivity index (χ2n) is 28.2. The minimum atomic E-state index is -1.50. The van der Waals surface area contributed by atoms with E-state index in [-0.39, 0.29) is 63.5 Å². The van der Waals surface area contributed by atoms with E-state index in [9.17, 15) is 47.9 Å². The van der Waals surface area contributed by atoms with Gasteiger partial charge in [-0.2, -0.15) is 0 Å². The van der Waals surface area contributed by atoms with Crippen molar-refractivity contribution in [1.82, 2.24) is 9.80 Å². The van der Waals surface area contributed by atoms with Gasteiger partial charge in [-0.25, -0.2) is 0 Å². The molecule has 6 saturated heterocycles. The molecule has 0 radical (unpaired) electrons. The number of hydrogen-bond donors (Lipinski definition) is 2. The quantitative estimate of drug-likeness (QED) is 0.0390. The van der Waals surface area contributed by atoms with E-state index in [0.717, 1.165) is 65.5 Å². The normalized spacial score (nSPS) is 30.0. The first-order valence-electron chi connectivity index (χ1n) is 36.4. The number of fused-ring (bicyclic) bond motifs is 8. The number of para-hydroxylation sites is 2. The Morgan fingerprint density at radius 1 is 0.407 bits per heavy atom. The Labute approximate surface area is 622 Å². The molecule has 2 spiro atoms. The fraction of sp³-hybridized carbons (Fsp3) is 0.538. The van der Waals surface area contributed by atoms with Crippen molar-refractivity contribution in [2.75, 3.05) is 76.6 Å². The van der Waals surface area contributed by atoms with Crippen molar-refractivity contribution in [3.63, 3.8) is 0 Å². The van der Waals surface area contributed by atoms with Gasteiger partial charge < -0.3 is 76.9 Å². The standard InChI is InChI=1S/C78H90N4O26/c1-41(83)99-39-63-71(103-45(5)87)73(105-47(7)89)69(101-43(3)85)61(107-63)37-59(91)67-65(57-19-13-29-81(57)77(67)53-15-9-11-17-55(53)79-75(77)93)49-21-25-51(26-22-49)97-35-33-95-31-32-96-34-36-98-52-27-23-50(24-28-52)66-58-20-14-30-82(58)78(54-16-10-12-18-56(54)80-76(78)94)68(66)60(92)38-62-70(102-44(4)86)74(106-48(8)90)72(104-46(6)88)64(108-62)40-100-42(2)84/h9-12,15-18,21-28,57-58,61-74H,13-14,19-20,29-40H2,1-8H3,(H,79,93)(H,80,94)/t57?,58?,61-,62-,63+,64+,65-,66+,67+,68-,69-,70-,71+,72+,73+,74+,77+,78-/m0/s1. The highest BCUT2D eigenvalue weighted by molar-refractivity contribution is 6.11. The molecule has 18 atom stereocenters. The van der Waals surface area contributed by atoms with Gasteiger partial charge in [0.1, 0.15) is 85.0 Å². The molecule has 0 aromatic heterocycles. The number of carbonyl (C=O) groups is 12. The maximum absolute atomic E-state index is 15.8. The molecule has 8 aliphatic heterocycles. The van der Waals surface area contributed by atoms with E-state index in [0.29, 0.717) is 59.9 Å². The Balaban J connectivity index is 0.679. The summed E-state index contributed by atoms with van der Waals surface area (Å²) in [5, 5.41) is 6.12. The molecule has 0 saturated carbocycles. The predicted molar refractivity (Wildman–Crippen MR) is 374 cm³/mol. The highest BCUT2D eigenvalue weighted by Gasteiger charge is 2.72. The minimum absolute atomic E-state index is 0.174. The number of carbonyl (C=O) groups excluding carboxylic acids is 12. The minimum Gasteiger partial charge on any atom is -0.491 e. The van der Waals surface area contributed by atoms with Gasteiger partial charge in [-0.1, -0.05) is 60.7 Å². The molecule has 4 aromatic rings. The number of benzene rings is 4. The number of nitrogens with one attached hydrogen (secondary N) is 2. The van der Waals surface area contributed by atoms with Gasteiger partial charge in [0.05, 0.1) is 38.3 Å². The Morgan fingerprint density at radius 2 is 0.731 bits per heavy atom. The lowest BCUT2D eigenvalue weighted by molar-refractivity contribution is -0.252. The third-order valence-electron chi connectivity index (χ3n) is 21.4. The monoisotopic (exact) mass is 1500 g/mol. The Morgan fingerprint density at radius 3 is 1.07 bits per heavy atom. The summed E-state index contributed by atoms with van der Waals surface area (Å²) in [6.07, 6.45) is -12.3. The van der Waals surface area contributed by atoms with Crippen molar-refractivity contribution >= 4 is 82.5 Å². The van der Waals surface area contributed by atoms with Crippen LogP contribution in [0.4, 0.5) is 11.4 Å². The van der Waals surface area contributed by atoms with Crippen LogP contribution in [0.25, 0.3) is 0 Å². The fourth-order valence-electron chi connectivity index (χ4n) is 17.9. The van der Waals surface area contributed by atoms with E-state index in [1.54, 1.807) is 48.5 Å². The zero-order chi connectivity index (χ0) is 76.9. The summed E-state index contributed by atoms with van der Waals surface area (Å²) in [5.41, 5.74) is 0.908. The SMILES string of the molecule is CC(=O)OC[C@H]1O[C@@H](CC(=O)[C@@H]2[C@@H](c3ccc(OCCOCCOCCOc4ccc([C@@H]5C6CCCN6[C@]6(C(=O)Nc7ccccc76)[C@H]5C(=O)C[C@@H]5O[C@H](COC(C)=O)[C@@H](OC(C)=O)[C@H](OC(C)=O)[C@H]5OC(C)=O)cc4)cc3)C3CCCN3[C@@]23C(=O)Nc2ccccc23)[C@H](OC(C)=O)[C@@H](OC(C)=O)[C@@H]1OC(C)=O. The lowest BCUT2D eigenvalue weighted by atomic mass is 9.68. The van der Waals surface area contributed by atoms with Crippen LogP contribution in [0.15, 0.2) is 97.1 Å². The number of hydrogen-bond acceptors (Lipinski definition) is 28. The van der Waals surface area contributed by atoms with Gasteiger partial charge >= 0.3 is 47.8 Å². The van der Waals surface area contributed by atoms with E-state index < -0.39 is 181 Å². The van der Waals surface area contributed by atoms with Crippen molar-refractivity contribution in [1.29, 1.82) is 0 Å². The molecule has 4 aromatic carbocycles. The molecule has 6 fully saturated rings. The van der Waals surface area contributed by atoms with Crippen LogP contribution in [-0.4, -0.2) is 220 Å². The van der Waals surface area contributed by atoms with E-state index in [1.807, 2.05) is 48.5 Å². The molecule has 2 amide bonds. The van der Waals surface area contributed by atoms with Crippen LogP contribution in [0.3, 0.4) is 0 Å². The Hall–Kier alpha value is -9.72. The summed E-state index contributed by atoms with van der Waals surface area (Å²) >= 11 is 0. The van der Waals surface area contributed by atoms with Gasteiger partial charge in [-0.05, 0) is 86.3 Å². The van der Waals surface area contributed by atoms with Gasteiger partial charge in [0.25, 0.3) is 0 Å². The third kappa shape index (κ3) is 15.8. The fourth-order valence-corrected chi connectivity index (χ4v) is 17.9. The number of ether oxygens (including phenoxy) is 14. The zero-order valence-corrected chi connectivity index (χ0v) is 61.3. The summed E-state index contributed by atoms with van der Waals surface area (Å²) in [4.78, 5) is 166. The van der Waals surface area contributed by atoms with Crippen LogP contribution in [0.1, 0.15) is 128 Å². The molecule has 8 aliphatic rings. The number of nitrogens with zero attached hydrogens (tertiary/aromatic N) is 2. The molecule has 2 N–H and O–H groups in total. The summed E-state index contributed by atoms with van der Waals surface area (Å²) in [6, 6.07) is 28.6. The number of rotatable bonds is 29. The van der Waals surface area contributed by atoms with Gasteiger partial charge in [-0.3, -0.25) is 67.3 Å². The van der Waals surface area contributed by atoms with Gasteiger partial charge in [0.15, 0.2) is 36.6 Å². The third-order valence-corrected chi connectivity index (χ3v) is 21.4. The number of ketones is 2. The molecule has 0 bridgehead atoms. The van der Waals surface area contributed by atoms with E-state index >= 15 is 9.59 Å². The molecular formula is C78H90N4O26. The zero-order valence-electron chi connectivity index (χ0n) is 61.3. The Bertz CT molecular complexity index is 3820. The van der Waals surface area contributed by atoms with Crippen LogP contribution in [0, 0.1) is 11.8 Å². The Kier molecular flexibility index (Phi) is 24.1. The van der Waals surface area contributed by atoms with E-state index in [2.05, 4.69) is 20.4 Å². The largest absolute Gasteiger partial charge is 0.491 e. The smallest absolute Gasteiger partial charge is 0.303 e. The van der Waals surface area contributed by atoms with Crippen LogP contribution < -0.4 is 20.1 Å². The highest BCUT2D eigenvalue weighted by atomic mass is 16.7. The van der Waals surface area contributed by atoms with Crippen LogP contribution in [-0.2, 0) is 125 Å². The number of esters is 8. The average molecular weight is 1500 g/mol. The number of amides is 2. The highest BCUT2D eigenvalue weighted by Crippen LogP contribution is 2.63. The lowest BCUT2D eigenvalue weighted by Gasteiger charge is -2.45. The molecule has 12 rings (SSSR count). The van der Waals surface area contributed by atoms with Crippen LogP contribution >= 0.6 is 0 Å². The number of anilines is 2. The first-order valence-corrected chi connectivity index (χ1v) is 36.4. The summed E-state index contributed by atoms with van der Waals surface area (Å²) in [5.74, 6) is -10.1. The van der Waals surface area contributed by atoms with Crippen LogP contribution in [0.5, 0.6) is 11.5 Å². The molecule has 108 heavy (non-hydrogen) atoms. The van der Waals surface area contributed by atoms with Crippen molar-refractivity contribution in [3.05, 3.63) is 119 Å². The maximum Gasteiger partial charge on any atom is 0.303 e. The topological polar surface area (TPSA) is 365 Å². The molecule has 578 valence electrons. The number of Topliss-reactive ketones (excluding diaryl/α,β-unsaturated/α-hetero) is 2. The summed E-state index contributed by atoms with van der Waals surface area (Å²) in [6.45, 7) is 10.3. The van der Waals surface area contributed by atoms with E-state index in [4.69, 9.17) is 66.3 Å². The molecular weight excluding hydrogens is 1410 g/mol. The van der Waals surface area contributed by atoms with Crippen molar-refractivity contribution in [2.24, 2.45) is 11.8 Å². The van der Waals surface area contributed by atoms with Crippen molar-refractivity contribution in [3.8, 4) is 11.5 Å². The molecule has 2 unspecified atom stereocenters. The van der Waals surface area contributed by atoms with Crippen LogP contribution in [0.2, 0.25) is 0 Å².